The summed E-state index contributed by atoms with van der Waals surface area (Å²) in [5.74, 6) is -0.0612. The third-order valence-corrected chi connectivity index (χ3v) is 4.77. The van der Waals surface area contributed by atoms with Gasteiger partial charge in [0.2, 0.25) is 0 Å². The molecule has 0 spiro atoms. The summed E-state index contributed by atoms with van der Waals surface area (Å²) in [6, 6.07) is 13.6. The number of thiocarbonyl (C=S) groups is 1. The first-order valence-electron chi connectivity index (χ1n) is 8.15. The van der Waals surface area contributed by atoms with Crippen molar-refractivity contribution in [3.8, 4) is 5.75 Å². The van der Waals surface area contributed by atoms with Gasteiger partial charge in [0, 0.05) is 36.0 Å². The van der Waals surface area contributed by atoms with Crippen LogP contribution in [0.3, 0.4) is 0 Å². The Balaban J connectivity index is 1.87. The molecular weight excluding hydrogens is 352 g/mol. The van der Waals surface area contributed by atoms with Crippen LogP contribution in [0.2, 0.25) is 0 Å². The number of benzene rings is 2. The highest BCUT2D eigenvalue weighted by Crippen LogP contribution is 2.44. The predicted octanol–water partition coefficient (Wildman–Crippen LogP) is 5.58. The lowest BCUT2D eigenvalue weighted by atomic mass is 9.87. The number of halogens is 2. The van der Waals surface area contributed by atoms with E-state index in [2.05, 4.69) is 0 Å². The van der Waals surface area contributed by atoms with Crippen molar-refractivity contribution in [3.05, 3.63) is 89.2 Å². The summed E-state index contributed by atoms with van der Waals surface area (Å²) in [7, 11) is 1.87. The Bertz CT molecular complexity index is 992. The number of likely N-dealkylation sites (N-methyl/N-ethyl adjacent to an activating group) is 1. The number of fused-ring (bicyclic) bond motifs is 2. The van der Waals surface area contributed by atoms with E-state index >= 15 is 0 Å². The highest BCUT2D eigenvalue weighted by molar-refractivity contribution is 7.81. The van der Waals surface area contributed by atoms with Crippen molar-refractivity contribution in [3.63, 3.8) is 0 Å². The average Bonchev–Trinajstić information content (AvgIpc) is 2.62. The van der Waals surface area contributed by atoms with Crippen LogP contribution < -0.4 is 9.64 Å². The molecule has 2 aromatic carbocycles. The molecule has 0 amide bonds. The van der Waals surface area contributed by atoms with Gasteiger partial charge in [-0.25, -0.2) is 8.78 Å². The molecule has 0 aromatic heterocycles. The standard InChI is InChI=1S/C21H15F2NOS/c1-24-18-9-7-13(22)11-16(18)20(17-12-14(23)8-10-19(17)24)21(26)25-15-5-3-2-4-6-15/h2-11H,12H2,1H3. The van der Waals surface area contributed by atoms with E-state index in [1.54, 1.807) is 24.3 Å². The van der Waals surface area contributed by atoms with E-state index in [-0.39, 0.29) is 23.1 Å². The highest BCUT2D eigenvalue weighted by Gasteiger charge is 2.31. The average molecular weight is 367 g/mol. The zero-order chi connectivity index (χ0) is 18.3. The Morgan fingerprint density at radius 2 is 1.85 bits per heavy atom. The fraction of sp³-hybridized carbons (Fsp3) is 0.0952. The number of ether oxygens (including phenoxy) is 1. The predicted molar refractivity (Wildman–Crippen MR) is 103 cm³/mol. The molecule has 0 radical (unpaired) electrons. The first kappa shape index (κ1) is 16.7. The van der Waals surface area contributed by atoms with Crippen LogP contribution in [0.25, 0.3) is 5.57 Å². The van der Waals surface area contributed by atoms with Gasteiger partial charge >= 0.3 is 0 Å². The van der Waals surface area contributed by atoms with Gasteiger partial charge in [-0.1, -0.05) is 18.2 Å². The Hall–Kier alpha value is -2.79. The number of allylic oxidation sites excluding steroid dienone is 4. The number of rotatable bonds is 2. The van der Waals surface area contributed by atoms with E-state index in [1.807, 2.05) is 30.1 Å². The zero-order valence-electron chi connectivity index (χ0n) is 14.0. The molecule has 0 N–H and O–H groups in total. The van der Waals surface area contributed by atoms with Gasteiger partial charge in [-0.2, -0.15) is 0 Å². The van der Waals surface area contributed by atoms with E-state index in [4.69, 9.17) is 17.0 Å². The fourth-order valence-electron chi connectivity index (χ4n) is 3.29. The lowest BCUT2D eigenvalue weighted by Gasteiger charge is -2.35. The molecule has 0 saturated heterocycles. The van der Waals surface area contributed by atoms with Crippen LogP contribution >= 0.6 is 12.2 Å². The van der Waals surface area contributed by atoms with Gasteiger partial charge in [0.25, 0.3) is 0 Å². The molecular formula is C21H15F2NOS. The molecule has 2 aromatic rings. The lowest BCUT2D eigenvalue weighted by Crippen LogP contribution is -2.28. The van der Waals surface area contributed by atoms with Crippen LogP contribution in [-0.4, -0.2) is 12.1 Å². The molecule has 0 unspecified atom stereocenters. The molecule has 4 rings (SSSR count). The maximum Gasteiger partial charge on any atom is 0.199 e. The first-order chi connectivity index (χ1) is 12.5. The number of para-hydroxylation sites is 1. The molecule has 1 aliphatic heterocycles. The van der Waals surface area contributed by atoms with Gasteiger partial charge in [-0.05, 0) is 60.3 Å². The number of anilines is 1. The Kier molecular flexibility index (Phi) is 4.17. The van der Waals surface area contributed by atoms with Crippen LogP contribution in [0.5, 0.6) is 5.75 Å². The molecule has 0 saturated carbocycles. The molecule has 5 heteroatoms. The van der Waals surface area contributed by atoms with Crippen molar-refractivity contribution in [2.24, 2.45) is 0 Å². The Morgan fingerprint density at radius 3 is 2.62 bits per heavy atom. The van der Waals surface area contributed by atoms with Crippen LogP contribution in [0.4, 0.5) is 14.5 Å². The maximum atomic E-state index is 14.0. The normalized spacial score (nSPS) is 15.7. The number of hydrogen-bond acceptors (Lipinski definition) is 3. The third-order valence-electron chi connectivity index (χ3n) is 4.49. The van der Waals surface area contributed by atoms with Gasteiger partial charge < -0.3 is 9.64 Å². The quantitative estimate of drug-likeness (QED) is 0.643. The second kappa shape index (κ2) is 6.50. The van der Waals surface area contributed by atoms with Crippen LogP contribution in [0.1, 0.15) is 12.0 Å². The van der Waals surface area contributed by atoms with Gasteiger partial charge in [0.15, 0.2) is 5.05 Å². The van der Waals surface area contributed by atoms with Crippen molar-refractivity contribution in [2.75, 3.05) is 11.9 Å². The van der Waals surface area contributed by atoms with Crippen molar-refractivity contribution >= 4 is 28.5 Å². The van der Waals surface area contributed by atoms with E-state index in [1.165, 1.54) is 18.2 Å². The van der Waals surface area contributed by atoms with Gasteiger partial charge in [0.05, 0.1) is 0 Å². The maximum absolute atomic E-state index is 14.0. The van der Waals surface area contributed by atoms with Gasteiger partial charge in [-0.15, -0.1) is 0 Å². The summed E-state index contributed by atoms with van der Waals surface area (Å²) in [5, 5.41) is 0.201. The van der Waals surface area contributed by atoms with Gasteiger partial charge in [-0.3, -0.25) is 0 Å². The summed E-state index contributed by atoms with van der Waals surface area (Å²) in [4.78, 5) is 1.92. The van der Waals surface area contributed by atoms with Crippen molar-refractivity contribution < 1.29 is 13.5 Å². The Labute approximate surface area is 155 Å². The molecule has 26 heavy (non-hydrogen) atoms. The van der Waals surface area contributed by atoms with Crippen molar-refractivity contribution in [1.29, 1.82) is 0 Å². The fourth-order valence-corrected chi connectivity index (χ4v) is 3.62. The molecule has 0 atom stereocenters. The van der Waals surface area contributed by atoms with Crippen LogP contribution in [-0.2, 0) is 0 Å². The second-order valence-corrected chi connectivity index (χ2v) is 6.49. The highest BCUT2D eigenvalue weighted by atomic mass is 32.1. The summed E-state index contributed by atoms with van der Waals surface area (Å²) in [6.45, 7) is 0. The molecule has 0 fully saturated rings. The largest absolute Gasteiger partial charge is 0.445 e. The van der Waals surface area contributed by atoms with Crippen LogP contribution in [0, 0.1) is 5.82 Å². The van der Waals surface area contributed by atoms with E-state index in [0.717, 1.165) is 11.4 Å². The van der Waals surface area contributed by atoms with E-state index in [0.29, 0.717) is 22.5 Å². The minimum atomic E-state index is -0.378. The lowest BCUT2D eigenvalue weighted by molar-refractivity contribution is 0.570. The molecule has 2 aliphatic rings. The van der Waals surface area contributed by atoms with E-state index in [9.17, 15) is 8.78 Å². The molecule has 1 aliphatic carbocycles. The number of nitrogens with zero attached hydrogens (tertiary/aromatic N) is 1. The molecule has 2 nitrogen and oxygen atoms in total. The van der Waals surface area contributed by atoms with Crippen molar-refractivity contribution in [1.82, 2.24) is 0 Å². The van der Waals surface area contributed by atoms with Crippen LogP contribution in [0.15, 0.2) is 77.8 Å². The first-order valence-corrected chi connectivity index (χ1v) is 8.56. The van der Waals surface area contributed by atoms with Crippen molar-refractivity contribution in [2.45, 2.75) is 6.42 Å². The Morgan fingerprint density at radius 1 is 1.08 bits per heavy atom. The SMILES string of the molecule is CN1C2=CC=C(F)CC2=C(C(=S)Oc2ccccc2)c2cc(F)ccc21. The molecule has 1 heterocycles. The monoisotopic (exact) mass is 367 g/mol. The molecule has 0 bridgehead atoms. The van der Waals surface area contributed by atoms with E-state index < -0.39 is 0 Å². The summed E-state index contributed by atoms with van der Waals surface area (Å²) >= 11 is 5.53. The minimum absolute atomic E-state index is 0.0970. The van der Waals surface area contributed by atoms with Gasteiger partial charge in [0.1, 0.15) is 17.4 Å². The minimum Gasteiger partial charge on any atom is -0.445 e. The zero-order valence-corrected chi connectivity index (χ0v) is 14.8. The smallest absolute Gasteiger partial charge is 0.199 e. The topological polar surface area (TPSA) is 12.5 Å². The summed E-state index contributed by atoms with van der Waals surface area (Å²) < 4.78 is 33.8. The second-order valence-electron chi connectivity index (χ2n) is 6.12. The third kappa shape index (κ3) is 2.84. The summed E-state index contributed by atoms with van der Waals surface area (Å²) in [5.41, 5.74) is 3.50. The summed E-state index contributed by atoms with van der Waals surface area (Å²) in [6.07, 6.45) is 3.26. The number of hydrogen-bond donors (Lipinski definition) is 0. The molecule has 130 valence electrons.